The van der Waals surface area contributed by atoms with Gasteiger partial charge in [0.15, 0.2) is 0 Å². The number of carboxylic acids is 1. The fourth-order valence-corrected chi connectivity index (χ4v) is 3.95. The number of hydrogen-bond acceptors (Lipinski definition) is 4. The molecule has 1 aliphatic rings. The molecule has 1 aliphatic carbocycles. The Morgan fingerprint density at radius 1 is 1.12 bits per heavy atom. The number of carboxylic acid groups (broad SMARTS) is 1. The van der Waals surface area contributed by atoms with Crippen LogP contribution in [0.4, 0.5) is 4.79 Å². The first kappa shape index (κ1) is 22.9. The van der Waals surface area contributed by atoms with Gasteiger partial charge >= 0.3 is 12.1 Å². The molecule has 1 atom stereocenters. The summed E-state index contributed by atoms with van der Waals surface area (Å²) < 4.78 is 5.52. The molecule has 7 heteroatoms. The van der Waals surface area contributed by atoms with Crippen LogP contribution in [0.2, 0.25) is 0 Å². The van der Waals surface area contributed by atoms with Gasteiger partial charge in [0.1, 0.15) is 13.2 Å². The molecule has 7 nitrogen and oxygen atoms in total. The summed E-state index contributed by atoms with van der Waals surface area (Å²) in [5.74, 6) is 0.644. The van der Waals surface area contributed by atoms with Crippen molar-refractivity contribution in [2.75, 3.05) is 19.7 Å². The maximum Gasteiger partial charge on any atom is 0.407 e. The molecule has 3 rings (SSSR count). The number of fused-ring (bicyclic) bond motifs is 3. The minimum atomic E-state index is -1.15. The Morgan fingerprint density at radius 3 is 2.25 bits per heavy atom. The van der Waals surface area contributed by atoms with E-state index in [-0.39, 0.29) is 25.5 Å². The number of carbonyl (C=O) groups excluding carboxylic acids is 2. The number of nitrogens with zero attached hydrogens (tertiary/aromatic N) is 1. The lowest BCUT2D eigenvalue weighted by Crippen LogP contribution is -2.42. The number of amides is 2. The van der Waals surface area contributed by atoms with Crippen molar-refractivity contribution in [3.63, 3.8) is 0 Å². The quantitative estimate of drug-likeness (QED) is 0.591. The number of alkyl carbamates (subject to hydrolysis) is 1. The van der Waals surface area contributed by atoms with E-state index in [1.165, 1.54) is 0 Å². The Bertz CT molecular complexity index is 997. The van der Waals surface area contributed by atoms with E-state index in [4.69, 9.17) is 16.3 Å². The van der Waals surface area contributed by atoms with Gasteiger partial charge in [0.05, 0.1) is 6.54 Å². The lowest BCUT2D eigenvalue weighted by molar-refractivity contribution is -0.144. The number of benzene rings is 2. The first-order chi connectivity index (χ1) is 15.4. The minimum absolute atomic E-state index is 0.0588. The summed E-state index contributed by atoms with van der Waals surface area (Å²) in [6.45, 7) is 1.41. The van der Waals surface area contributed by atoms with Gasteiger partial charge in [0.25, 0.3) is 0 Å². The number of aliphatic carboxylic acids is 1. The molecule has 0 radical (unpaired) electrons. The lowest BCUT2D eigenvalue weighted by Gasteiger charge is -2.22. The van der Waals surface area contributed by atoms with Gasteiger partial charge in [-0.2, -0.15) is 0 Å². The predicted molar refractivity (Wildman–Crippen MR) is 120 cm³/mol. The summed E-state index contributed by atoms with van der Waals surface area (Å²) in [4.78, 5) is 36.9. The average Bonchev–Trinajstić information content (AvgIpc) is 3.10. The monoisotopic (exact) mass is 434 g/mol. The molecule has 0 bridgehead atoms. The molecule has 0 aliphatic heterocycles. The van der Waals surface area contributed by atoms with E-state index in [0.717, 1.165) is 27.2 Å². The SMILES string of the molecule is C#CCN(CC(=O)O)C(=O)C[C@H](CC)NC(=O)OCC1c2ccccc2-c2ccccc21. The third kappa shape index (κ3) is 5.27. The van der Waals surface area contributed by atoms with Gasteiger partial charge < -0.3 is 20.1 Å². The van der Waals surface area contributed by atoms with Crippen molar-refractivity contribution < 1.29 is 24.2 Å². The summed E-state index contributed by atoms with van der Waals surface area (Å²) in [5.41, 5.74) is 4.51. The van der Waals surface area contributed by atoms with Crippen molar-refractivity contribution in [2.24, 2.45) is 0 Å². The maximum absolute atomic E-state index is 12.5. The van der Waals surface area contributed by atoms with Gasteiger partial charge in [-0.1, -0.05) is 61.4 Å². The van der Waals surface area contributed by atoms with Crippen LogP contribution < -0.4 is 5.32 Å². The molecular formula is C25H26N2O5. The van der Waals surface area contributed by atoms with Gasteiger partial charge in [0, 0.05) is 18.4 Å². The third-order valence-corrected chi connectivity index (χ3v) is 5.54. The van der Waals surface area contributed by atoms with Crippen LogP contribution in [-0.2, 0) is 14.3 Å². The molecule has 32 heavy (non-hydrogen) atoms. The Kier molecular flexibility index (Phi) is 7.50. The van der Waals surface area contributed by atoms with Crippen LogP contribution in [0.5, 0.6) is 0 Å². The summed E-state index contributed by atoms with van der Waals surface area (Å²) >= 11 is 0. The van der Waals surface area contributed by atoms with Crippen LogP contribution in [0.25, 0.3) is 11.1 Å². The van der Waals surface area contributed by atoms with Gasteiger partial charge in [-0.15, -0.1) is 6.42 Å². The molecule has 2 aromatic carbocycles. The molecule has 2 N–H and O–H groups in total. The van der Waals surface area contributed by atoms with E-state index in [2.05, 4.69) is 23.4 Å². The molecule has 2 amide bonds. The maximum atomic E-state index is 12.5. The zero-order valence-electron chi connectivity index (χ0n) is 17.9. The van der Waals surface area contributed by atoms with Crippen LogP contribution in [0.15, 0.2) is 48.5 Å². The number of hydrogen-bond donors (Lipinski definition) is 2. The fourth-order valence-electron chi connectivity index (χ4n) is 3.95. The standard InChI is InChI=1S/C25H26N2O5/c1-3-13-27(15-24(29)30)23(28)14-17(4-2)26-25(31)32-16-22-20-11-7-5-9-18(20)19-10-6-8-12-21(19)22/h1,5-12,17,22H,4,13-16H2,2H3,(H,26,31)(H,29,30)/t17-/m0/s1. The molecule has 0 aromatic heterocycles. The van der Waals surface area contributed by atoms with Crippen LogP contribution >= 0.6 is 0 Å². The Hall–Kier alpha value is -3.79. The van der Waals surface area contributed by atoms with E-state index in [9.17, 15) is 14.4 Å². The van der Waals surface area contributed by atoms with E-state index in [1.807, 2.05) is 43.3 Å². The highest BCUT2D eigenvalue weighted by atomic mass is 16.5. The second-order valence-electron chi connectivity index (χ2n) is 7.63. The Balaban J connectivity index is 1.60. The zero-order valence-corrected chi connectivity index (χ0v) is 17.9. The Labute approximate surface area is 187 Å². The number of carbonyl (C=O) groups is 3. The van der Waals surface area contributed by atoms with Crippen molar-refractivity contribution in [2.45, 2.75) is 31.7 Å². The van der Waals surface area contributed by atoms with E-state index in [1.54, 1.807) is 0 Å². The summed E-state index contributed by atoms with van der Waals surface area (Å²) in [6.07, 6.45) is 5.03. The summed E-state index contributed by atoms with van der Waals surface area (Å²) in [5, 5.41) is 11.7. The molecule has 0 saturated carbocycles. The lowest BCUT2D eigenvalue weighted by atomic mass is 9.98. The molecule has 166 valence electrons. The molecule has 0 spiro atoms. The van der Waals surface area contributed by atoms with Gasteiger partial charge in [0.2, 0.25) is 5.91 Å². The second kappa shape index (κ2) is 10.5. The topological polar surface area (TPSA) is 95.9 Å². The van der Waals surface area contributed by atoms with Crippen molar-refractivity contribution in [3.05, 3.63) is 59.7 Å². The Morgan fingerprint density at radius 2 is 1.72 bits per heavy atom. The van der Waals surface area contributed by atoms with E-state index >= 15 is 0 Å². The molecule has 0 saturated heterocycles. The highest BCUT2D eigenvalue weighted by Gasteiger charge is 2.29. The second-order valence-corrected chi connectivity index (χ2v) is 7.63. The van der Waals surface area contributed by atoms with Crippen LogP contribution in [0, 0.1) is 12.3 Å². The van der Waals surface area contributed by atoms with E-state index in [0.29, 0.717) is 6.42 Å². The van der Waals surface area contributed by atoms with Crippen LogP contribution in [0.3, 0.4) is 0 Å². The van der Waals surface area contributed by atoms with Crippen molar-refractivity contribution >= 4 is 18.0 Å². The first-order valence-electron chi connectivity index (χ1n) is 10.5. The number of ether oxygens (including phenoxy) is 1. The first-order valence-corrected chi connectivity index (χ1v) is 10.5. The number of nitrogens with one attached hydrogen (secondary N) is 1. The molecule has 0 fully saturated rings. The fraction of sp³-hybridized carbons (Fsp3) is 0.320. The summed E-state index contributed by atoms with van der Waals surface area (Å²) in [6, 6.07) is 15.6. The highest BCUT2D eigenvalue weighted by Crippen LogP contribution is 2.44. The van der Waals surface area contributed by atoms with Gasteiger partial charge in [-0.25, -0.2) is 4.79 Å². The van der Waals surface area contributed by atoms with Gasteiger partial charge in [-0.05, 0) is 28.7 Å². The zero-order chi connectivity index (χ0) is 23.1. The van der Waals surface area contributed by atoms with Crippen LogP contribution in [-0.4, -0.2) is 53.7 Å². The van der Waals surface area contributed by atoms with Crippen molar-refractivity contribution in [1.29, 1.82) is 0 Å². The molecular weight excluding hydrogens is 408 g/mol. The van der Waals surface area contributed by atoms with Crippen molar-refractivity contribution in [1.82, 2.24) is 10.2 Å². The largest absolute Gasteiger partial charge is 0.480 e. The average molecular weight is 434 g/mol. The summed E-state index contributed by atoms with van der Waals surface area (Å²) in [7, 11) is 0. The highest BCUT2D eigenvalue weighted by molar-refractivity contribution is 5.82. The molecule has 0 heterocycles. The molecule has 0 unspecified atom stereocenters. The van der Waals surface area contributed by atoms with E-state index < -0.39 is 30.6 Å². The molecule has 2 aromatic rings. The smallest absolute Gasteiger partial charge is 0.407 e. The van der Waals surface area contributed by atoms with Crippen LogP contribution in [0.1, 0.15) is 36.8 Å². The number of rotatable bonds is 9. The number of terminal acetylenes is 1. The predicted octanol–water partition coefficient (Wildman–Crippen LogP) is 3.24. The third-order valence-electron chi connectivity index (χ3n) is 5.54. The van der Waals surface area contributed by atoms with Crippen molar-refractivity contribution in [3.8, 4) is 23.5 Å². The normalized spacial score (nSPS) is 12.8. The van der Waals surface area contributed by atoms with Gasteiger partial charge in [-0.3, -0.25) is 9.59 Å². The minimum Gasteiger partial charge on any atom is -0.480 e.